The summed E-state index contributed by atoms with van der Waals surface area (Å²) in [7, 11) is 0. The van der Waals surface area contributed by atoms with Crippen molar-refractivity contribution in [3.8, 4) is 0 Å². The number of carboxylic acids is 1. The van der Waals surface area contributed by atoms with Crippen LogP contribution in [0.25, 0.3) is 0 Å². The van der Waals surface area contributed by atoms with Crippen LogP contribution in [-0.4, -0.2) is 65.0 Å². The van der Waals surface area contributed by atoms with Crippen LogP contribution < -0.4 is 5.32 Å². The summed E-state index contributed by atoms with van der Waals surface area (Å²) in [6, 6.07) is -1.37. The first-order valence-electron chi connectivity index (χ1n) is 6.06. The number of hydrogen-bond donors (Lipinski definition) is 2. The minimum Gasteiger partial charge on any atom is -0.480 e. The highest BCUT2D eigenvalue weighted by Crippen LogP contribution is 2.09. The molecule has 0 aliphatic carbocycles. The lowest BCUT2D eigenvalue weighted by Gasteiger charge is -2.36. The number of rotatable bonds is 4. The summed E-state index contributed by atoms with van der Waals surface area (Å²) in [5, 5.41) is 11.5. The normalized spacial score (nSPS) is 19.3. The van der Waals surface area contributed by atoms with Gasteiger partial charge in [-0.2, -0.15) is 0 Å². The second-order valence-electron chi connectivity index (χ2n) is 4.15. The van der Waals surface area contributed by atoms with Crippen molar-refractivity contribution in [2.75, 3.05) is 26.2 Å². The standard InChI is InChI=1S/C11H19N3O4/c1-3-5-13(4-2)11(18)14-7-9(15)12-6-8(14)10(16)17/h8H,3-7H2,1-2H3,(H,12,15)(H,16,17). The Kier molecular flexibility index (Phi) is 4.94. The first kappa shape index (κ1) is 14.3. The molecule has 1 unspecified atom stereocenters. The van der Waals surface area contributed by atoms with Crippen molar-refractivity contribution in [2.24, 2.45) is 0 Å². The highest BCUT2D eigenvalue weighted by Gasteiger charge is 2.36. The molecule has 1 saturated heterocycles. The molecule has 0 saturated carbocycles. The maximum absolute atomic E-state index is 12.2. The Hall–Kier alpha value is -1.79. The number of hydrogen-bond acceptors (Lipinski definition) is 3. The molecule has 1 atom stereocenters. The predicted octanol–water partition coefficient (Wildman–Crippen LogP) is -0.277. The average Bonchev–Trinajstić information content (AvgIpc) is 2.34. The Bertz CT molecular complexity index is 345. The number of carboxylic acid groups (broad SMARTS) is 1. The third-order valence-corrected chi connectivity index (χ3v) is 2.86. The summed E-state index contributed by atoms with van der Waals surface area (Å²) in [6.07, 6.45) is 0.789. The number of nitrogens with zero attached hydrogens (tertiary/aromatic N) is 2. The van der Waals surface area contributed by atoms with Gasteiger partial charge in [-0.05, 0) is 13.3 Å². The van der Waals surface area contributed by atoms with E-state index in [4.69, 9.17) is 5.11 Å². The molecule has 1 fully saturated rings. The zero-order chi connectivity index (χ0) is 13.7. The quantitative estimate of drug-likeness (QED) is 0.725. The second-order valence-corrected chi connectivity index (χ2v) is 4.15. The molecule has 7 nitrogen and oxygen atoms in total. The van der Waals surface area contributed by atoms with E-state index >= 15 is 0 Å². The number of amides is 3. The molecule has 18 heavy (non-hydrogen) atoms. The second kappa shape index (κ2) is 6.23. The van der Waals surface area contributed by atoms with Gasteiger partial charge in [-0.3, -0.25) is 9.69 Å². The van der Waals surface area contributed by atoms with Gasteiger partial charge in [0.05, 0.1) is 0 Å². The van der Waals surface area contributed by atoms with Gasteiger partial charge >= 0.3 is 12.0 Å². The van der Waals surface area contributed by atoms with E-state index < -0.39 is 12.0 Å². The van der Waals surface area contributed by atoms with E-state index in [2.05, 4.69) is 5.32 Å². The van der Waals surface area contributed by atoms with Gasteiger partial charge in [0.1, 0.15) is 12.6 Å². The number of aliphatic carboxylic acids is 1. The van der Waals surface area contributed by atoms with Gasteiger partial charge in [0.2, 0.25) is 5.91 Å². The summed E-state index contributed by atoms with van der Waals surface area (Å²) in [6.45, 7) is 4.58. The first-order chi connectivity index (χ1) is 8.51. The monoisotopic (exact) mass is 257 g/mol. The zero-order valence-electron chi connectivity index (χ0n) is 10.7. The molecule has 1 heterocycles. The fraction of sp³-hybridized carbons (Fsp3) is 0.727. The maximum Gasteiger partial charge on any atom is 0.328 e. The van der Waals surface area contributed by atoms with Crippen molar-refractivity contribution in [1.82, 2.24) is 15.1 Å². The number of piperazine rings is 1. The number of carbonyl (C=O) groups excluding carboxylic acids is 2. The minimum atomic E-state index is -1.10. The lowest BCUT2D eigenvalue weighted by Crippen LogP contribution is -2.61. The summed E-state index contributed by atoms with van der Waals surface area (Å²) in [5.74, 6) is -1.43. The lowest BCUT2D eigenvalue weighted by molar-refractivity contribution is -0.144. The van der Waals surface area contributed by atoms with Crippen molar-refractivity contribution in [2.45, 2.75) is 26.3 Å². The Balaban J connectivity index is 2.83. The molecular weight excluding hydrogens is 238 g/mol. The summed E-state index contributed by atoms with van der Waals surface area (Å²) < 4.78 is 0. The molecule has 7 heteroatoms. The fourth-order valence-electron chi connectivity index (χ4n) is 1.90. The van der Waals surface area contributed by atoms with Crippen molar-refractivity contribution < 1.29 is 19.5 Å². The molecule has 0 radical (unpaired) electrons. The van der Waals surface area contributed by atoms with E-state index in [1.54, 1.807) is 4.90 Å². The number of carbonyl (C=O) groups is 3. The Morgan fingerprint density at radius 2 is 2.17 bits per heavy atom. The van der Waals surface area contributed by atoms with Gasteiger partial charge in [0, 0.05) is 19.6 Å². The fourth-order valence-corrected chi connectivity index (χ4v) is 1.90. The van der Waals surface area contributed by atoms with E-state index in [-0.39, 0.29) is 25.0 Å². The topological polar surface area (TPSA) is 90.0 Å². The van der Waals surface area contributed by atoms with Crippen LogP contribution >= 0.6 is 0 Å². The molecular formula is C11H19N3O4. The third-order valence-electron chi connectivity index (χ3n) is 2.86. The van der Waals surface area contributed by atoms with Crippen LogP contribution in [0.5, 0.6) is 0 Å². The summed E-state index contributed by atoms with van der Waals surface area (Å²) >= 11 is 0. The highest BCUT2D eigenvalue weighted by atomic mass is 16.4. The number of nitrogens with one attached hydrogen (secondary N) is 1. The van der Waals surface area contributed by atoms with E-state index in [0.29, 0.717) is 13.1 Å². The van der Waals surface area contributed by atoms with Gasteiger partial charge in [-0.1, -0.05) is 6.92 Å². The molecule has 1 rings (SSSR count). The van der Waals surface area contributed by atoms with Crippen LogP contribution in [0.15, 0.2) is 0 Å². The van der Waals surface area contributed by atoms with Crippen LogP contribution in [0.4, 0.5) is 4.79 Å². The third kappa shape index (κ3) is 3.12. The summed E-state index contributed by atoms with van der Waals surface area (Å²) in [5.41, 5.74) is 0. The maximum atomic E-state index is 12.2. The van der Waals surface area contributed by atoms with Crippen LogP contribution in [0.2, 0.25) is 0 Å². The zero-order valence-corrected chi connectivity index (χ0v) is 10.7. The van der Waals surface area contributed by atoms with Gasteiger partial charge in [-0.15, -0.1) is 0 Å². The van der Waals surface area contributed by atoms with Crippen molar-refractivity contribution in [3.63, 3.8) is 0 Å². The van der Waals surface area contributed by atoms with Gasteiger partial charge in [0.15, 0.2) is 0 Å². The first-order valence-corrected chi connectivity index (χ1v) is 6.06. The molecule has 102 valence electrons. The lowest BCUT2D eigenvalue weighted by atomic mass is 10.2. The minimum absolute atomic E-state index is 0.0381. The molecule has 3 amide bonds. The molecule has 0 aromatic heterocycles. The molecule has 0 aromatic rings. The van der Waals surface area contributed by atoms with Crippen LogP contribution in [0.3, 0.4) is 0 Å². The molecule has 1 aliphatic rings. The SMILES string of the molecule is CCCN(CC)C(=O)N1CC(=O)NCC1C(=O)O. The van der Waals surface area contributed by atoms with Crippen molar-refractivity contribution in [1.29, 1.82) is 0 Å². The van der Waals surface area contributed by atoms with Gasteiger partial charge in [0.25, 0.3) is 0 Å². The largest absolute Gasteiger partial charge is 0.480 e. The van der Waals surface area contributed by atoms with E-state index in [1.807, 2.05) is 13.8 Å². The molecule has 0 bridgehead atoms. The molecule has 0 spiro atoms. The average molecular weight is 257 g/mol. The van der Waals surface area contributed by atoms with E-state index in [9.17, 15) is 14.4 Å². The Morgan fingerprint density at radius 3 is 2.67 bits per heavy atom. The molecule has 2 N–H and O–H groups in total. The van der Waals surface area contributed by atoms with E-state index in [1.165, 1.54) is 0 Å². The smallest absolute Gasteiger partial charge is 0.328 e. The molecule has 0 aromatic carbocycles. The van der Waals surface area contributed by atoms with Crippen LogP contribution in [-0.2, 0) is 9.59 Å². The highest BCUT2D eigenvalue weighted by molar-refractivity contribution is 5.90. The van der Waals surface area contributed by atoms with Crippen molar-refractivity contribution in [3.05, 3.63) is 0 Å². The van der Waals surface area contributed by atoms with E-state index in [0.717, 1.165) is 11.3 Å². The van der Waals surface area contributed by atoms with Gasteiger partial charge in [-0.25, -0.2) is 9.59 Å². The Labute approximate surface area is 106 Å². The van der Waals surface area contributed by atoms with Crippen LogP contribution in [0.1, 0.15) is 20.3 Å². The predicted molar refractivity (Wildman–Crippen MR) is 64.1 cm³/mol. The Morgan fingerprint density at radius 1 is 1.50 bits per heavy atom. The summed E-state index contributed by atoms with van der Waals surface area (Å²) in [4.78, 5) is 37.2. The van der Waals surface area contributed by atoms with Crippen molar-refractivity contribution >= 4 is 17.9 Å². The molecule has 1 aliphatic heterocycles. The number of urea groups is 1. The van der Waals surface area contributed by atoms with Crippen LogP contribution in [0, 0.1) is 0 Å². The van der Waals surface area contributed by atoms with Gasteiger partial charge < -0.3 is 15.3 Å².